The van der Waals surface area contributed by atoms with Crippen LogP contribution in [0.5, 0.6) is 0 Å². The van der Waals surface area contributed by atoms with Crippen molar-refractivity contribution in [3.63, 3.8) is 0 Å². The van der Waals surface area contributed by atoms with Crippen molar-refractivity contribution in [1.82, 2.24) is 9.97 Å². The van der Waals surface area contributed by atoms with Gasteiger partial charge in [-0.05, 0) is 48.6 Å². The predicted octanol–water partition coefficient (Wildman–Crippen LogP) is 5.39. The molecule has 0 bridgehead atoms. The van der Waals surface area contributed by atoms with Crippen molar-refractivity contribution in [1.29, 1.82) is 0 Å². The van der Waals surface area contributed by atoms with Gasteiger partial charge in [-0.15, -0.1) is 0 Å². The molecule has 0 aliphatic carbocycles. The van der Waals surface area contributed by atoms with E-state index in [1.54, 1.807) is 29.2 Å². The van der Waals surface area contributed by atoms with Crippen LogP contribution >= 0.6 is 0 Å². The van der Waals surface area contributed by atoms with Gasteiger partial charge in [0.2, 0.25) is 0 Å². The Morgan fingerprint density at radius 3 is 2.50 bits per heavy atom. The van der Waals surface area contributed by atoms with Gasteiger partial charge in [0.05, 0.1) is 17.2 Å². The number of aromatic nitrogens is 2. The Morgan fingerprint density at radius 1 is 1.08 bits per heavy atom. The number of carbonyl (C=O) groups is 1. The topological polar surface area (TPSA) is 112 Å². The van der Waals surface area contributed by atoms with E-state index in [1.165, 1.54) is 18.2 Å². The van der Waals surface area contributed by atoms with Crippen molar-refractivity contribution in [3.8, 4) is 11.3 Å². The van der Waals surface area contributed by atoms with Crippen molar-refractivity contribution in [2.75, 3.05) is 22.7 Å². The third kappa shape index (κ3) is 5.90. The highest BCUT2D eigenvalue weighted by molar-refractivity contribution is 7.92. The summed E-state index contributed by atoms with van der Waals surface area (Å²) in [5, 5.41) is 8.98. The lowest BCUT2D eigenvalue weighted by atomic mass is 9.93. The number of piperidine rings is 1. The second-order valence-corrected chi connectivity index (χ2v) is 11.0. The number of alkyl halides is 3. The van der Waals surface area contributed by atoms with Crippen LogP contribution in [0.2, 0.25) is 0 Å². The average molecular weight is 549 g/mol. The van der Waals surface area contributed by atoms with E-state index < -0.39 is 33.7 Å². The zero-order valence-electron chi connectivity index (χ0n) is 20.7. The van der Waals surface area contributed by atoms with E-state index in [1.807, 2.05) is 13.8 Å². The molecule has 2 aromatic heterocycles. The fourth-order valence-corrected chi connectivity index (χ4v) is 5.44. The molecule has 12 heteroatoms. The fourth-order valence-electron chi connectivity index (χ4n) is 4.47. The first-order valence-electron chi connectivity index (χ1n) is 12.0. The van der Waals surface area contributed by atoms with Gasteiger partial charge < -0.3 is 10.0 Å². The van der Waals surface area contributed by atoms with Crippen LogP contribution in [0.15, 0.2) is 59.6 Å². The van der Waals surface area contributed by atoms with Gasteiger partial charge in [0, 0.05) is 18.7 Å². The summed E-state index contributed by atoms with van der Waals surface area (Å²) in [5.74, 6) is -1.61. The van der Waals surface area contributed by atoms with Gasteiger partial charge in [0.1, 0.15) is 11.6 Å². The van der Waals surface area contributed by atoms with Gasteiger partial charge in [-0.25, -0.2) is 9.97 Å². The molecule has 1 aromatic carbocycles. The number of carboxylic acids is 1. The molecule has 3 aromatic rings. The van der Waals surface area contributed by atoms with E-state index >= 15 is 0 Å². The highest BCUT2D eigenvalue weighted by Gasteiger charge is 2.36. The molecule has 0 amide bonds. The molecule has 2 N–H and O–H groups in total. The van der Waals surface area contributed by atoms with E-state index in [0.717, 1.165) is 12.1 Å². The van der Waals surface area contributed by atoms with E-state index in [-0.39, 0.29) is 34.6 Å². The molecule has 1 fully saturated rings. The Labute approximate surface area is 218 Å². The first-order chi connectivity index (χ1) is 17.9. The van der Waals surface area contributed by atoms with Crippen LogP contribution in [0.1, 0.15) is 43.7 Å². The maximum atomic E-state index is 13.9. The second-order valence-electron chi connectivity index (χ2n) is 9.40. The molecule has 0 unspecified atom stereocenters. The molecule has 0 saturated carbocycles. The lowest BCUT2D eigenvalue weighted by molar-refractivity contribution is -0.142. The van der Waals surface area contributed by atoms with Gasteiger partial charge in [-0.1, -0.05) is 44.2 Å². The molecular formula is C26H27F3N4O4S. The van der Waals surface area contributed by atoms with Crippen molar-refractivity contribution in [2.45, 2.75) is 43.8 Å². The van der Waals surface area contributed by atoms with Gasteiger partial charge >= 0.3 is 12.1 Å². The Hall–Kier alpha value is -3.67. The number of anilines is 2. The smallest absolute Gasteiger partial charge is 0.418 e. The molecule has 3 heterocycles. The largest absolute Gasteiger partial charge is 0.481 e. The summed E-state index contributed by atoms with van der Waals surface area (Å²) in [4.78, 5) is 21.4. The van der Waals surface area contributed by atoms with Gasteiger partial charge in [0.25, 0.3) is 10.0 Å². The number of pyridine rings is 2. The SMILES string of the molecule is CC(C)c1ccccc1-c1nc(NS(=O)(=O)c2cccc(N3CCC[C@H](C(=O)O)C3)n2)ccc1C(F)(F)F. The van der Waals surface area contributed by atoms with Crippen LogP contribution in [0.3, 0.4) is 0 Å². The van der Waals surface area contributed by atoms with Crippen LogP contribution in [0.4, 0.5) is 24.8 Å². The molecule has 4 rings (SSSR count). The molecule has 202 valence electrons. The highest BCUT2D eigenvalue weighted by atomic mass is 32.2. The zero-order valence-corrected chi connectivity index (χ0v) is 21.6. The van der Waals surface area contributed by atoms with Gasteiger partial charge in [-0.3, -0.25) is 9.52 Å². The fraction of sp³-hybridized carbons (Fsp3) is 0.346. The van der Waals surface area contributed by atoms with Crippen LogP contribution in [-0.4, -0.2) is 42.6 Å². The lowest BCUT2D eigenvalue weighted by Crippen LogP contribution is -2.39. The Morgan fingerprint density at radius 2 is 1.82 bits per heavy atom. The Balaban J connectivity index is 1.69. The van der Waals surface area contributed by atoms with Crippen molar-refractivity contribution < 1.29 is 31.5 Å². The quantitative estimate of drug-likeness (QED) is 0.407. The molecule has 1 saturated heterocycles. The number of aliphatic carboxylic acids is 1. The van der Waals surface area contributed by atoms with Crippen molar-refractivity contribution in [3.05, 3.63) is 65.7 Å². The lowest BCUT2D eigenvalue weighted by Gasteiger charge is -2.31. The summed E-state index contributed by atoms with van der Waals surface area (Å²) in [6.07, 6.45) is -3.57. The summed E-state index contributed by atoms with van der Waals surface area (Å²) >= 11 is 0. The van der Waals surface area contributed by atoms with E-state index in [0.29, 0.717) is 30.8 Å². The number of carboxylic acid groups (broad SMARTS) is 1. The summed E-state index contributed by atoms with van der Waals surface area (Å²) in [7, 11) is -4.33. The second kappa shape index (κ2) is 10.6. The molecule has 0 spiro atoms. The van der Waals surface area contributed by atoms with E-state index in [9.17, 15) is 31.5 Å². The maximum Gasteiger partial charge on any atom is 0.418 e. The summed E-state index contributed by atoms with van der Waals surface area (Å²) in [6.45, 7) is 4.40. The average Bonchev–Trinajstić information content (AvgIpc) is 2.88. The number of nitrogens with one attached hydrogen (secondary N) is 1. The summed E-state index contributed by atoms with van der Waals surface area (Å²) in [5.41, 5.74) is -0.460. The Bertz CT molecular complexity index is 1440. The number of hydrogen-bond acceptors (Lipinski definition) is 6. The first kappa shape index (κ1) is 27.4. The standard InChI is InChI=1S/C26H27F3N4O4S/c1-16(2)18-8-3-4-9-19(18)24-20(26(27,28)29)12-13-21(30-24)32-38(36,37)23-11-5-10-22(31-23)33-14-6-7-17(15-33)25(34)35/h3-5,8-13,16-17H,6-7,14-15H2,1-2H3,(H,30,32)(H,34,35)/t17-/m0/s1. The highest BCUT2D eigenvalue weighted by Crippen LogP contribution is 2.39. The number of halogens is 3. The zero-order chi connectivity index (χ0) is 27.7. The molecule has 0 radical (unpaired) electrons. The number of rotatable bonds is 7. The maximum absolute atomic E-state index is 13.9. The molecule has 1 aliphatic heterocycles. The van der Waals surface area contributed by atoms with Crippen LogP contribution in [-0.2, 0) is 21.0 Å². The third-order valence-electron chi connectivity index (χ3n) is 6.36. The van der Waals surface area contributed by atoms with Crippen LogP contribution in [0.25, 0.3) is 11.3 Å². The number of nitrogens with zero attached hydrogens (tertiary/aromatic N) is 3. The number of hydrogen-bond donors (Lipinski definition) is 2. The van der Waals surface area contributed by atoms with Gasteiger partial charge in [-0.2, -0.15) is 21.6 Å². The van der Waals surface area contributed by atoms with E-state index in [2.05, 4.69) is 14.7 Å². The molecule has 38 heavy (non-hydrogen) atoms. The number of sulfonamides is 1. The molecule has 1 atom stereocenters. The summed E-state index contributed by atoms with van der Waals surface area (Å²) < 4.78 is 70.2. The minimum atomic E-state index is -4.71. The molecule has 8 nitrogen and oxygen atoms in total. The van der Waals surface area contributed by atoms with Crippen molar-refractivity contribution >= 4 is 27.6 Å². The monoisotopic (exact) mass is 548 g/mol. The predicted molar refractivity (Wildman–Crippen MR) is 136 cm³/mol. The Kier molecular flexibility index (Phi) is 7.63. The third-order valence-corrected chi connectivity index (χ3v) is 7.61. The van der Waals surface area contributed by atoms with Crippen LogP contribution < -0.4 is 9.62 Å². The van der Waals surface area contributed by atoms with E-state index in [4.69, 9.17) is 0 Å². The van der Waals surface area contributed by atoms with Crippen LogP contribution in [0, 0.1) is 5.92 Å². The minimum Gasteiger partial charge on any atom is -0.481 e. The molecular weight excluding hydrogens is 521 g/mol. The minimum absolute atomic E-state index is 0.100. The normalized spacial score (nSPS) is 16.5. The number of benzene rings is 1. The summed E-state index contributed by atoms with van der Waals surface area (Å²) in [6, 6.07) is 12.6. The van der Waals surface area contributed by atoms with Crippen molar-refractivity contribution in [2.24, 2.45) is 5.92 Å². The van der Waals surface area contributed by atoms with Gasteiger partial charge in [0.15, 0.2) is 5.03 Å². The first-order valence-corrected chi connectivity index (χ1v) is 13.5. The molecule has 1 aliphatic rings.